The summed E-state index contributed by atoms with van der Waals surface area (Å²) in [5, 5.41) is 10.4. The van der Waals surface area contributed by atoms with Crippen molar-refractivity contribution in [3.8, 4) is 0 Å². The van der Waals surface area contributed by atoms with Crippen LogP contribution in [0, 0.1) is 11.6 Å². The molecular formula is C15H13Cl2F2NO. The van der Waals surface area contributed by atoms with Crippen LogP contribution in [0.25, 0.3) is 0 Å². The molecule has 0 saturated heterocycles. The highest BCUT2D eigenvalue weighted by molar-refractivity contribution is 6.31. The van der Waals surface area contributed by atoms with E-state index in [1.165, 1.54) is 30.3 Å². The Balaban J connectivity index is 2.43. The SMILES string of the molecule is NCC(c1ccc(F)cc1Cl)C(O)c1cccc(Cl)c1F. The summed E-state index contributed by atoms with van der Waals surface area (Å²) >= 11 is 11.7. The van der Waals surface area contributed by atoms with Gasteiger partial charge < -0.3 is 10.8 Å². The van der Waals surface area contributed by atoms with E-state index in [1.807, 2.05) is 0 Å². The Labute approximate surface area is 131 Å². The maximum atomic E-state index is 14.0. The van der Waals surface area contributed by atoms with Crippen molar-refractivity contribution in [1.82, 2.24) is 0 Å². The first-order chi connectivity index (χ1) is 9.95. The Kier molecular flexibility index (Phi) is 5.17. The van der Waals surface area contributed by atoms with Crippen molar-refractivity contribution in [2.24, 2.45) is 5.73 Å². The zero-order chi connectivity index (χ0) is 15.6. The van der Waals surface area contributed by atoms with Gasteiger partial charge in [-0.25, -0.2) is 8.78 Å². The summed E-state index contributed by atoms with van der Waals surface area (Å²) in [5.74, 6) is -1.88. The highest BCUT2D eigenvalue weighted by atomic mass is 35.5. The lowest BCUT2D eigenvalue weighted by molar-refractivity contribution is 0.143. The number of rotatable bonds is 4. The highest BCUT2D eigenvalue weighted by Gasteiger charge is 2.26. The van der Waals surface area contributed by atoms with Crippen molar-refractivity contribution in [3.63, 3.8) is 0 Å². The van der Waals surface area contributed by atoms with Crippen LogP contribution >= 0.6 is 23.2 Å². The molecule has 0 fully saturated rings. The van der Waals surface area contributed by atoms with E-state index >= 15 is 0 Å². The molecule has 2 aromatic carbocycles. The second kappa shape index (κ2) is 6.71. The normalized spacial score (nSPS) is 14.0. The summed E-state index contributed by atoms with van der Waals surface area (Å²) in [4.78, 5) is 0. The molecule has 2 nitrogen and oxygen atoms in total. The van der Waals surface area contributed by atoms with Crippen LogP contribution in [0.15, 0.2) is 36.4 Å². The van der Waals surface area contributed by atoms with E-state index in [2.05, 4.69) is 0 Å². The molecule has 2 unspecified atom stereocenters. The largest absolute Gasteiger partial charge is 0.388 e. The molecule has 0 aromatic heterocycles. The number of hydrogen-bond acceptors (Lipinski definition) is 2. The van der Waals surface area contributed by atoms with E-state index in [4.69, 9.17) is 28.9 Å². The molecule has 0 aliphatic carbocycles. The molecule has 0 spiro atoms. The first-order valence-corrected chi connectivity index (χ1v) is 6.98. The van der Waals surface area contributed by atoms with Gasteiger partial charge in [-0.15, -0.1) is 0 Å². The molecule has 0 radical (unpaired) electrons. The standard InChI is InChI=1S/C15H13Cl2F2NO/c16-12-3-1-2-10(14(12)19)15(21)11(7-20)9-5-4-8(18)6-13(9)17/h1-6,11,15,21H,7,20H2. The molecule has 21 heavy (non-hydrogen) atoms. The van der Waals surface area contributed by atoms with Crippen molar-refractivity contribution >= 4 is 23.2 Å². The summed E-state index contributed by atoms with van der Waals surface area (Å²) in [5.41, 5.74) is 6.15. The minimum absolute atomic E-state index is 0.0124. The van der Waals surface area contributed by atoms with Crippen LogP contribution in [-0.2, 0) is 0 Å². The fourth-order valence-corrected chi connectivity index (χ4v) is 2.68. The summed E-state index contributed by atoms with van der Waals surface area (Å²) in [6.45, 7) is 0.0124. The first kappa shape index (κ1) is 16.2. The summed E-state index contributed by atoms with van der Waals surface area (Å²) in [6, 6.07) is 8.11. The lowest BCUT2D eigenvalue weighted by atomic mass is 9.89. The third kappa shape index (κ3) is 3.35. The molecule has 0 amide bonds. The Bertz CT molecular complexity index is 652. The molecule has 0 heterocycles. The average Bonchev–Trinajstić information content (AvgIpc) is 2.44. The Morgan fingerprint density at radius 3 is 2.38 bits per heavy atom. The number of halogens is 4. The van der Waals surface area contributed by atoms with Gasteiger partial charge in [-0.3, -0.25) is 0 Å². The molecule has 112 valence electrons. The fourth-order valence-electron chi connectivity index (χ4n) is 2.19. The Morgan fingerprint density at radius 2 is 1.76 bits per heavy atom. The summed E-state index contributed by atoms with van der Waals surface area (Å²) < 4.78 is 27.1. The lowest BCUT2D eigenvalue weighted by Crippen LogP contribution is -2.21. The van der Waals surface area contributed by atoms with Crippen LogP contribution in [0.4, 0.5) is 8.78 Å². The smallest absolute Gasteiger partial charge is 0.147 e. The molecule has 2 rings (SSSR count). The van der Waals surface area contributed by atoms with E-state index in [9.17, 15) is 13.9 Å². The van der Waals surface area contributed by atoms with Crippen molar-refractivity contribution in [2.75, 3.05) is 6.54 Å². The van der Waals surface area contributed by atoms with E-state index < -0.39 is 23.7 Å². The van der Waals surface area contributed by atoms with Gasteiger partial charge in [0.2, 0.25) is 0 Å². The van der Waals surface area contributed by atoms with Gasteiger partial charge in [0.1, 0.15) is 11.6 Å². The fraction of sp³-hybridized carbons (Fsp3) is 0.200. The molecular weight excluding hydrogens is 319 g/mol. The molecule has 0 aliphatic rings. The predicted octanol–water partition coefficient (Wildman–Crippen LogP) is 4.05. The third-order valence-corrected chi connectivity index (χ3v) is 3.92. The van der Waals surface area contributed by atoms with Gasteiger partial charge in [0.05, 0.1) is 11.1 Å². The van der Waals surface area contributed by atoms with Crippen LogP contribution in [0.2, 0.25) is 10.0 Å². The van der Waals surface area contributed by atoms with E-state index in [0.717, 1.165) is 6.07 Å². The Morgan fingerprint density at radius 1 is 1.05 bits per heavy atom. The summed E-state index contributed by atoms with van der Waals surface area (Å²) in [6.07, 6.45) is -1.24. The molecule has 0 aliphatic heterocycles. The molecule has 3 N–H and O–H groups in total. The zero-order valence-electron chi connectivity index (χ0n) is 10.9. The minimum Gasteiger partial charge on any atom is -0.388 e. The van der Waals surface area contributed by atoms with Crippen LogP contribution in [0.3, 0.4) is 0 Å². The van der Waals surface area contributed by atoms with Crippen LogP contribution in [-0.4, -0.2) is 11.7 Å². The molecule has 0 saturated carbocycles. The zero-order valence-corrected chi connectivity index (χ0v) is 12.4. The summed E-state index contributed by atoms with van der Waals surface area (Å²) in [7, 11) is 0. The van der Waals surface area contributed by atoms with Gasteiger partial charge in [0, 0.05) is 23.0 Å². The van der Waals surface area contributed by atoms with Crippen molar-refractivity contribution < 1.29 is 13.9 Å². The monoisotopic (exact) mass is 331 g/mol. The minimum atomic E-state index is -1.24. The molecule has 2 aromatic rings. The third-order valence-electron chi connectivity index (χ3n) is 3.30. The van der Waals surface area contributed by atoms with Gasteiger partial charge in [-0.2, -0.15) is 0 Å². The quantitative estimate of drug-likeness (QED) is 0.887. The van der Waals surface area contributed by atoms with Gasteiger partial charge in [0.15, 0.2) is 0 Å². The molecule has 2 atom stereocenters. The van der Waals surface area contributed by atoms with Crippen LogP contribution in [0.1, 0.15) is 23.1 Å². The van der Waals surface area contributed by atoms with Gasteiger partial charge in [0.25, 0.3) is 0 Å². The Hall–Kier alpha value is -1.20. The maximum Gasteiger partial charge on any atom is 0.147 e. The van der Waals surface area contributed by atoms with Gasteiger partial charge in [-0.05, 0) is 23.8 Å². The van der Waals surface area contributed by atoms with E-state index in [-0.39, 0.29) is 22.2 Å². The number of aliphatic hydroxyl groups excluding tert-OH is 1. The van der Waals surface area contributed by atoms with Gasteiger partial charge in [-0.1, -0.05) is 41.4 Å². The van der Waals surface area contributed by atoms with Gasteiger partial charge >= 0.3 is 0 Å². The second-order valence-electron chi connectivity index (χ2n) is 4.60. The number of nitrogens with two attached hydrogens (primary N) is 1. The number of benzene rings is 2. The molecule has 6 heteroatoms. The van der Waals surface area contributed by atoms with Crippen molar-refractivity contribution in [1.29, 1.82) is 0 Å². The molecule has 0 bridgehead atoms. The van der Waals surface area contributed by atoms with Crippen LogP contribution in [0.5, 0.6) is 0 Å². The van der Waals surface area contributed by atoms with Crippen molar-refractivity contribution in [2.45, 2.75) is 12.0 Å². The van der Waals surface area contributed by atoms with E-state index in [0.29, 0.717) is 5.56 Å². The first-order valence-electron chi connectivity index (χ1n) is 6.22. The second-order valence-corrected chi connectivity index (χ2v) is 5.41. The van der Waals surface area contributed by atoms with Crippen LogP contribution < -0.4 is 5.73 Å². The van der Waals surface area contributed by atoms with E-state index in [1.54, 1.807) is 0 Å². The average molecular weight is 332 g/mol. The predicted molar refractivity (Wildman–Crippen MR) is 79.6 cm³/mol. The number of hydrogen-bond donors (Lipinski definition) is 2. The maximum absolute atomic E-state index is 14.0. The topological polar surface area (TPSA) is 46.2 Å². The number of aliphatic hydroxyl groups is 1. The highest BCUT2D eigenvalue weighted by Crippen LogP contribution is 2.36. The van der Waals surface area contributed by atoms with Crippen molar-refractivity contribution in [3.05, 3.63) is 69.2 Å². The lowest BCUT2D eigenvalue weighted by Gasteiger charge is -2.23.